The van der Waals surface area contributed by atoms with E-state index in [1.165, 1.54) is 22.3 Å². The molecule has 2 nitrogen and oxygen atoms in total. The first-order valence-corrected chi connectivity index (χ1v) is 8.73. The van der Waals surface area contributed by atoms with Gasteiger partial charge in [0, 0.05) is 68.2 Å². The van der Waals surface area contributed by atoms with Crippen LogP contribution in [-0.2, 0) is 26.2 Å². The van der Waals surface area contributed by atoms with E-state index < -0.39 is 0 Å². The summed E-state index contributed by atoms with van der Waals surface area (Å²) in [5, 5.41) is 19.9. The molecule has 5 heteroatoms. The van der Waals surface area contributed by atoms with Gasteiger partial charge in [-0.05, 0) is 48.0 Å². The summed E-state index contributed by atoms with van der Waals surface area (Å²) >= 11 is 12.9. The molecular formula is C18H24Cl2O2Zr. The van der Waals surface area contributed by atoms with Crippen LogP contribution in [-0.4, -0.2) is 23.4 Å². The molecule has 0 bridgehead atoms. The van der Waals surface area contributed by atoms with Crippen LogP contribution in [0.1, 0.15) is 45.4 Å². The van der Waals surface area contributed by atoms with E-state index in [4.69, 9.17) is 33.4 Å². The van der Waals surface area contributed by atoms with Gasteiger partial charge in [-0.15, -0.1) is 0 Å². The summed E-state index contributed by atoms with van der Waals surface area (Å²) < 4.78 is 0. The molecule has 0 unspecified atom stereocenters. The van der Waals surface area contributed by atoms with Crippen molar-refractivity contribution in [3.63, 3.8) is 0 Å². The number of allylic oxidation sites excluding steroid dienone is 8. The number of halogens is 2. The second-order valence-corrected chi connectivity index (χ2v) is 6.79. The van der Waals surface area contributed by atoms with Crippen LogP contribution in [0.25, 0.3) is 0 Å². The molecule has 0 radical (unpaired) electrons. The van der Waals surface area contributed by atoms with Crippen molar-refractivity contribution in [3.8, 4) is 0 Å². The van der Waals surface area contributed by atoms with Crippen LogP contribution in [0.4, 0.5) is 0 Å². The van der Waals surface area contributed by atoms with Crippen LogP contribution in [0.3, 0.4) is 0 Å². The molecule has 0 atom stereocenters. The first kappa shape index (κ1) is 21.4. The van der Waals surface area contributed by atoms with E-state index in [-0.39, 0.29) is 45.3 Å². The SMILES string of the molecule is CC(C1=C(Cl)CC=C1CCCO)C1=C(Cl)CC=C1CCCO.[Zr]. The predicted octanol–water partition coefficient (Wildman–Crippen LogP) is 4.81. The molecule has 0 aromatic carbocycles. The number of hydrogen-bond acceptors (Lipinski definition) is 2. The van der Waals surface area contributed by atoms with E-state index in [0.717, 1.165) is 48.6 Å². The zero-order valence-corrected chi connectivity index (χ0v) is 17.5. The Labute approximate surface area is 168 Å². The zero-order chi connectivity index (χ0) is 16.1. The van der Waals surface area contributed by atoms with Crippen molar-refractivity contribution in [2.24, 2.45) is 5.92 Å². The zero-order valence-electron chi connectivity index (χ0n) is 13.5. The smallest absolute Gasteiger partial charge is 0.0434 e. The van der Waals surface area contributed by atoms with Crippen LogP contribution in [0.5, 0.6) is 0 Å². The third-order valence-electron chi connectivity index (χ3n) is 4.41. The molecule has 0 spiro atoms. The van der Waals surface area contributed by atoms with E-state index in [0.29, 0.717) is 0 Å². The van der Waals surface area contributed by atoms with Crippen LogP contribution in [0, 0.1) is 5.92 Å². The Kier molecular flexibility index (Phi) is 9.63. The average molecular weight is 435 g/mol. The fourth-order valence-electron chi connectivity index (χ4n) is 3.40. The van der Waals surface area contributed by atoms with E-state index in [1.807, 2.05) is 0 Å². The second kappa shape index (κ2) is 10.4. The normalized spacial score (nSPS) is 17.8. The van der Waals surface area contributed by atoms with Crippen molar-refractivity contribution in [3.05, 3.63) is 44.5 Å². The summed E-state index contributed by atoms with van der Waals surface area (Å²) in [7, 11) is 0. The molecule has 0 amide bonds. The van der Waals surface area contributed by atoms with Gasteiger partial charge in [-0.25, -0.2) is 0 Å². The largest absolute Gasteiger partial charge is 0.396 e. The monoisotopic (exact) mass is 432 g/mol. The van der Waals surface area contributed by atoms with Crippen LogP contribution in [0.15, 0.2) is 44.5 Å². The van der Waals surface area contributed by atoms with Crippen molar-refractivity contribution in [2.75, 3.05) is 13.2 Å². The third-order valence-corrected chi connectivity index (χ3v) is 5.12. The summed E-state index contributed by atoms with van der Waals surface area (Å²) in [4.78, 5) is 0. The van der Waals surface area contributed by atoms with Gasteiger partial charge in [0.15, 0.2) is 0 Å². The molecule has 0 aromatic rings. The first-order chi connectivity index (χ1) is 10.6. The molecule has 23 heavy (non-hydrogen) atoms. The van der Waals surface area contributed by atoms with Crippen LogP contribution >= 0.6 is 23.2 Å². The van der Waals surface area contributed by atoms with Gasteiger partial charge in [0.25, 0.3) is 0 Å². The Bertz CT molecular complexity index is 499. The summed E-state index contributed by atoms with van der Waals surface area (Å²) in [6.07, 6.45) is 9.12. The molecule has 0 aliphatic heterocycles. The summed E-state index contributed by atoms with van der Waals surface area (Å²) in [6, 6.07) is 0. The average Bonchev–Trinajstić information content (AvgIpc) is 3.05. The Morgan fingerprint density at radius 1 is 0.913 bits per heavy atom. The van der Waals surface area contributed by atoms with Gasteiger partial charge in [0.1, 0.15) is 0 Å². The van der Waals surface area contributed by atoms with Gasteiger partial charge in [0.05, 0.1) is 0 Å². The summed E-state index contributed by atoms with van der Waals surface area (Å²) in [5.41, 5.74) is 4.86. The Balaban J connectivity index is 0.00000264. The molecule has 0 saturated heterocycles. The summed E-state index contributed by atoms with van der Waals surface area (Å²) in [5.74, 6) is 0.167. The molecule has 0 aromatic heterocycles. The minimum Gasteiger partial charge on any atom is -0.396 e. The Morgan fingerprint density at radius 2 is 1.30 bits per heavy atom. The Hall–Kier alpha value is 0.343. The number of rotatable bonds is 8. The molecule has 0 heterocycles. The fourth-order valence-corrected chi connectivity index (χ4v) is 4.12. The van der Waals surface area contributed by atoms with E-state index in [9.17, 15) is 0 Å². The molecule has 0 saturated carbocycles. The van der Waals surface area contributed by atoms with E-state index >= 15 is 0 Å². The van der Waals surface area contributed by atoms with Crippen molar-refractivity contribution in [1.82, 2.24) is 0 Å². The minimum absolute atomic E-state index is 0. The summed E-state index contributed by atoms with van der Waals surface area (Å²) in [6.45, 7) is 2.55. The number of hydrogen-bond donors (Lipinski definition) is 2. The van der Waals surface area contributed by atoms with Gasteiger partial charge >= 0.3 is 0 Å². The molecule has 126 valence electrons. The maximum atomic E-state index is 9.07. The molecule has 2 aliphatic rings. The maximum absolute atomic E-state index is 9.07. The van der Waals surface area contributed by atoms with Gasteiger partial charge in [0.2, 0.25) is 0 Å². The molecule has 2 rings (SSSR count). The molecule has 0 fully saturated rings. The van der Waals surface area contributed by atoms with Crippen molar-refractivity contribution in [2.45, 2.75) is 45.4 Å². The maximum Gasteiger partial charge on any atom is 0.0434 e. The van der Waals surface area contributed by atoms with E-state index in [1.54, 1.807) is 0 Å². The standard InChI is InChI=1S/C18H24Cl2O2.Zr/c1-12(17-13(4-2-10-21)6-8-15(17)19)18-14(5-3-11-22)7-9-16(18)20;/h6-7,12,21-22H,2-5,8-11H2,1H3;. The van der Waals surface area contributed by atoms with Crippen molar-refractivity contribution < 1.29 is 36.4 Å². The Morgan fingerprint density at radius 3 is 1.65 bits per heavy atom. The quantitative estimate of drug-likeness (QED) is 0.576. The van der Waals surface area contributed by atoms with Crippen LogP contribution in [0.2, 0.25) is 0 Å². The molecule has 2 aliphatic carbocycles. The fraction of sp³-hybridized carbons (Fsp3) is 0.556. The van der Waals surface area contributed by atoms with Crippen LogP contribution < -0.4 is 0 Å². The van der Waals surface area contributed by atoms with Crippen molar-refractivity contribution in [1.29, 1.82) is 0 Å². The predicted molar refractivity (Wildman–Crippen MR) is 93.0 cm³/mol. The number of aliphatic hydroxyl groups is 2. The number of aliphatic hydroxyl groups excluding tert-OH is 2. The van der Waals surface area contributed by atoms with Gasteiger partial charge < -0.3 is 10.2 Å². The van der Waals surface area contributed by atoms with Crippen molar-refractivity contribution >= 4 is 23.2 Å². The second-order valence-electron chi connectivity index (χ2n) is 5.88. The first-order valence-electron chi connectivity index (χ1n) is 7.97. The minimum atomic E-state index is 0. The van der Waals surface area contributed by atoms with Gasteiger partial charge in [-0.1, -0.05) is 42.3 Å². The third kappa shape index (κ3) is 5.16. The van der Waals surface area contributed by atoms with E-state index in [2.05, 4.69) is 19.1 Å². The topological polar surface area (TPSA) is 40.5 Å². The van der Waals surface area contributed by atoms with Gasteiger partial charge in [-0.2, -0.15) is 0 Å². The molecular weight excluding hydrogens is 410 g/mol. The van der Waals surface area contributed by atoms with Gasteiger partial charge in [-0.3, -0.25) is 0 Å². The molecule has 2 N–H and O–H groups in total.